The lowest BCUT2D eigenvalue weighted by Gasteiger charge is -2.17. The third kappa shape index (κ3) is 5.72. The zero-order chi connectivity index (χ0) is 18.2. The van der Waals surface area contributed by atoms with Crippen LogP contribution in [-0.2, 0) is 22.6 Å². The van der Waals surface area contributed by atoms with E-state index in [1.807, 2.05) is 24.3 Å². The van der Waals surface area contributed by atoms with E-state index in [1.165, 1.54) is 16.3 Å². The highest BCUT2D eigenvalue weighted by Crippen LogP contribution is 2.19. The molecule has 0 unspecified atom stereocenters. The summed E-state index contributed by atoms with van der Waals surface area (Å²) in [6.45, 7) is 1.59. The van der Waals surface area contributed by atoms with Gasteiger partial charge in [0.25, 0.3) is 0 Å². The van der Waals surface area contributed by atoms with Gasteiger partial charge in [0.2, 0.25) is 5.91 Å². The van der Waals surface area contributed by atoms with E-state index in [-0.39, 0.29) is 17.3 Å². The predicted molar refractivity (Wildman–Crippen MR) is 101 cm³/mol. The van der Waals surface area contributed by atoms with Crippen molar-refractivity contribution >= 4 is 33.6 Å². The van der Waals surface area contributed by atoms with E-state index in [0.717, 1.165) is 10.0 Å². The monoisotopic (exact) mass is 428 g/mol. The Hall–Kier alpha value is -1.58. The number of rotatable bonds is 9. The van der Waals surface area contributed by atoms with Crippen LogP contribution in [-0.4, -0.2) is 52.1 Å². The third-order valence-electron chi connectivity index (χ3n) is 3.57. The van der Waals surface area contributed by atoms with Gasteiger partial charge < -0.3 is 9.64 Å². The van der Waals surface area contributed by atoms with E-state index in [1.54, 1.807) is 19.1 Å². The van der Waals surface area contributed by atoms with Crippen molar-refractivity contribution in [3.63, 3.8) is 0 Å². The van der Waals surface area contributed by atoms with Crippen LogP contribution in [0, 0.1) is 0 Å². The van der Waals surface area contributed by atoms with Crippen LogP contribution in [0.15, 0.2) is 38.7 Å². The van der Waals surface area contributed by atoms with Gasteiger partial charge in [-0.2, -0.15) is 0 Å². The van der Waals surface area contributed by atoms with E-state index < -0.39 is 0 Å². The fourth-order valence-electron chi connectivity index (χ4n) is 2.18. The molecule has 0 aliphatic heterocycles. The molecular weight excluding hydrogens is 408 g/mol. The van der Waals surface area contributed by atoms with Gasteiger partial charge in [0.1, 0.15) is 0 Å². The van der Waals surface area contributed by atoms with Crippen molar-refractivity contribution < 1.29 is 9.53 Å². The largest absolute Gasteiger partial charge is 0.385 e. The first-order chi connectivity index (χ1) is 12.0. The first-order valence-electron chi connectivity index (χ1n) is 7.77. The Labute approximate surface area is 158 Å². The first kappa shape index (κ1) is 19.7. The number of amides is 1. The van der Waals surface area contributed by atoms with Crippen LogP contribution < -0.4 is 5.69 Å². The summed E-state index contributed by atoms with van der Waals surface area (Å²) in [4.78, 5) is 25.8. The smallest absolute Gasteiger partial charge is 0.343 e. The van der Waals surface area contributed by atoms with Gasteiger partial charge in [-0.25, -0.2) is 9.89 Å². The Morgan fingerprint density at radius 2 is 2.20 bits per heavy atom. The Morgan fingerprint density at radius 3 is 2.92 bits per heavy atom. The van der Waals surface area contributed by atoms with E-state index in [9.17, 15) is 9.59 Å². The molecule has 25 heavy (non-hydrogen) atoms. The van der Waals surface area contributed by atoms with Crippen LogP contribution in [0.3, 0.4) is 0 Å². The molecule has 0 saturated carbocycles. The number of H-pyrrole nitrogens is 1. The van der Waals surface area contributed by atoms with Crippen LogP contribution >= 0.6 is 27.7 Å². The highest BCUT2D eigenvalue weighted by Gasteiger charge is 2.15. The molecule has 0 spiro atoms. The van der Waals surface area contributed by atoms with Crippen molar-refractivity contribution in [3.8, 4) is 0 Å². The van der Waals surface area contributed by atoms with Crippen LogP contribution in [0.5, 0.6) is 0 Å². The fraction of sp³-hybridized carbons (Fsp3) is 0.438. The average Bonchev–Trinajstić information content (AvgIpc) is 2.95. The summed E-state index contributed by atoms with van der Waals surface area (Å²) in [6, 6.07) is 7.80. The normalized spacial score (nSPS) is 10.8. The summed E-state index contributed by atoms with van der Waals surface area (Å²) in [6.07, 6.45) is 0.708. The second-order valence-corrected chi connectivity index (χ2v) is 7.24. The predicted octanol–water partition coefficient (Wildman–Crippen LogP) is 2.12. The maximum absolute atomic E-state index is 12.4. The van der Waals surface area contributed by atoms with E-state index in [0.29, 0.717) is 31.3 Å². The lowest BCUT2D eigenvalue weighted by Crippen LogP contribution is -2.28. The van der Waals surface area contributed by atoms with Crippen LogP contribution in [0.4, 0.5) is 0 Å². The molecule has 0 atom stereocenters. The molecular formula is C16H21BrN4O3S. The molecule has 0 fully saturated rings. The third-order valence-corrected chi connectivity index (χ3v) is 5.30. The number of nitrogens with one attached hydrogen (secondary N) is 1. The summed E-state index contributed by atoms with van der Waals surface area (Å²) < 4.78 is 7.50. The molecule has 7 nitrogen and oxygen atoms in total. The molecule has 2 aromatic rings. The number of methoxy groups -OCH3 is 1. The molecule has 0 bridgehead atoms. The minimum absolute atomic E-state index is 0.0281. The molecule has 0 saturated heterocycles. The average molecular weight is 429 g/mol. The summed E-state index contributed by atoms with van der Waals surface area (Å²) in [5.74, 6) is 0.190. The highest BCUT2D eigenvalue weighted by atomic mass is 79.9. The quantitative estimate of drug-likeness (QED) is 0.488. The Bertz CT molecular complexity index is 762. The number of hydrogen-bond donors (Lipinski definition) is 1. The van der Waals surface area contributed by atoms with Gasteiger partial charge in [-0.05, 0) is 18.1 Å². The van der Waals surface area contributed by atoms with Gasteiger partial charge in [0, 0.05) is 38.3 Å². The number of carbonyl (C=O) groups excluding carboxylic acids is 1. The van der Waals surface area contributed by atoms with Gasteiger partial charge in [-0.15, -0.1) is 5.10 Å². The number of carbonyl (C=O) groups is 1. The van der Waals surface area contributed by atoms with E-state index >= 15 is 0 Å². The van der Waals surface area contributed by atoms with Gasteiger partial charge in [0.05, 0.1) is 5.75 Å². The molecule has 9 heteroatoms. The summed E-state index contributed by atoms with van der Waals surface area (Å²) in [7, 11) is 3.38. The second kappa shape index (κ2) is 9.79. The zero-order valence-corrected chi connectivity index (χ0v) is 16.6. The molecule has 136 valence electrons. The SMILES string of the molecule is COCCCn1c(SCC(=O)N(C)Cc2ccccc2Br)n[nH]c1=O. The van der Waals surface area contributed by atoms with Gasteiger partial charge in [-0.1, -0.05) is 45.9 Å². The minimum atomic E-state index is -0.271. The van der Waals surface area contributed by atoms with E-state index in [2.05, 4.69) is 26.1 Å². The molecule has 1 heterocycles. The molecule has 0 aliphatic rings. The topological polar surface area (TPSA) is 80.2 Å². The first-order valence-corrected chi connectivity index (χ1v) is 9.55. The lowest BCUT2D eigenvalue weighted by molar-refractivity contribution is -0.127. The van der Waals surface area contributed by atoms with Crippen molar-refractivity contribution in [2.75, 3.05) is 26.5 Å². The van der Waals surface area contributed by atoms with Crippen molar-refractivity contribution in [2.24, 2.45) is 0 Å². The molecule has 0 radical (unpaired) electrons. The van der Waals surface area contributed by atoms with Gasteiger partial charge >= 0.3 is 5.69 Å². The van der Waals surface area contributed by atoms with Crippen molar-refractivity contribution in [1.29, 1.82) is 0 Å². The van der Waals surface area contributed by atoms with Gasteiger partial charge in [0.15, 0.2) is 5.16 Å². The second-order valence-electron chi connectivity index (χ2n) is 5.44. The van der Waals surface area contributed by atoms with Gasteiger partial charge in [-0.3, -0.25) is 9.36 Å². The minimum Gasteiger partial charge on any atom is -0.385 e. The number of nitrogens with zero attached hydrogens (tertiary/aromatic N) is 3. The summed E-state index contributed by atoms with van der Waals surface area (Å²) >= 11 is 4.74. The van der Waals surface area contributed by atoms with E-state index in [4.69, 9.17) is 4.74 Å². The summed E-state index contributed by atoms with van der Waals surface area (Å²) in [5.41, 5.74) is 0.771. The lowest BCUT2D eigenvalue weighted by atomic mass is 10.2. The number of halogens is 1. The molecule has 1 aromatic carbocycles. The standard InChI is InChI=1S/C16H21BrN4O3S/c1-20(10-12-6-3-4-7-13(12)17)14(22)11-25-16-19-18-15(23)21(16)8-5-9-24-2/h3-4,6-7H,5,8-11H2,1-2H3,(H,18,23). The molecule has 0 aliphatic carbocycles. The van der Waals surface area contributed by atoms with Crippen molar-refractivity contribution in [1.82, 2.24) is 19.7 Å². The molecule has 1 amide bonds. The number of aromatic nitrogens is 3. The number of thioether (sulfide) groups is 1. The molecule has 1 N–H and O–H groups in total. The Morgan fingerprint density at radius 1 is 1.44 bits per heavy atom. The zero-order valence-electron chi connectivity index (χ0n) is 14.2. The Kier molecular flexibility index (Phi) is 7.73. The fourth-order valence-corrected chi connectivity index (χ4v) is 3.51. The number of hydrogen-bond acceptors (Lipinski definition) is 5. The number of benzene rings is 1. The number of aromatic amines is 1. The maximum Gasteiger partial charge on any atom is 0.343 e. The van der Waals surface area contributed by atoms with Crippen molar-refractivity contribution in [2.45, 2.75) is 24.7 Å². The Balaban J connectivity index is 1.91. The number of ether oxygens (including phenoxy) is 1. The van der Waals surface area contributed by atoms with Crippen LogP contribution in [0.25, 0.3) is 0 Å². The molecule has 2 rings (SSSR count). The summed E-state index contributed by atoms with van der Waals surface area (Å²) in [5, 5.41) is 6.94. The molecule has 1 aromatic heterocycles. The van der Waals surface area contributed by atoms with Crippen molar-refractivity contribution in [3.05, 3.63) is 44.8 Å². The maximum atomic E-state index is 12.4. The van der Waals surface area contributed by atoms with Crippen LogP contribution in [0.2, 0.25) is 0 Å². The van der Waals surface area contributed by atoms with Crippen LogP contribution in [0.1, 0.15) is 12.0 Å². The highest BCUT2D eigenvalue weighted by molar-refractivity contribution is 9.10.